The molecule has 0 amide bonds. The van der Waals surface area contributed by atoms with Gasteiger partial charge in [0, 0.05) is 0 Å². The molecule has 10 heavy (non-hydrogen) atoms. The van der Waals surface area contributed by atoms with Crippen LogP contribution in [0.25, 0.3) is 0 Å². The van der Waals surface area contributed by atoms with Gasteiger partial charge < -0.3 is 0 Å². The average Bonchev–Trinajstić information content (AvgIpc) is 1.88. The minimum absolute atomic E-state index is 0.554. The molecule has 0 spiro atoms. The molecule has 0 aliphatic heterocycles. The summed E-state index contributed by atoms with van der Waals surface area (Å²) in [6.07, 6.45) is 0. The molecule has 1 aromatic rings. The average molecular weight is 187 g/mol. The highest BCUT2D eigenvalue weighted by atomic mass is 31.1. The van der Waals surface area contributed by atoms with Crippen molar-refractivity contribution in [3.05, 3.63) is 30.3 Å². The molecular weight excluding hydrogens is 176 g/mol. The molecule has 1 rings (SSSR count). The fourth-order valence-electron chi connectivity index (χ4n) is 0.786. The zero-order valence-electron chi connectivity index (χ0n) is 5.70. The van der Waals surface area contributed by atoms with E-state index in [0.29, 0.717) is 0 Å². The highest BCUT2D eigenvalue weighted by Crippen LogP contribution is 2.27. The van der Waals surface area contributed by atoms with Gasteiger partial charge in [-0.1, -0.05) is 30.3 Å². The first-order valence-electron chi connectivity index (χ1n) is 3.20. The van der Waals surface area contributed by atoms with Gasteiger partial charge >= 0.3 is 0 Å². The highest BCUT2D eigenvalue weighted by Gasteiger charge is 2.05. The Morgan fingerprint density at radius 3 is 1.70 bits per heavy atom. The van der Waals surface area contributed by atoms with E-state index >= 15 is 0 Å². The van der Waals surface area contributed by atoms with Crippen LogP contribution < -0.4 is 5.46 Å². The molecule has 3 atom stereocenters. The van der Waals surface area contributed by atoms with Crippen molar-refractivity contribution < 1.29 is 0 Å². The molecule has 0 fully saturated rings. The summed E-state index contributed by atoms with van der Waals surface area (Å²) in [6.45, 7) is 0. The van der Waals surface area contributed by atoms with Crippen LogP contribution in [-0.2, 0) is 0 Å². The summed E-state index contributed by atoms with van der Waals surface area (Å²) in [7, 11) is 8.45. The summed E-state index contributed by atoms with van der Waals surface area (Å²) in [6, 6.07) is 10.4. The monoisotopic (exact) mass is 187 g/mol. The Labute approximate surface area is 69.0 Å². The second kappa shape index (κ2) is 3.31. The van der Waals surface area contributed by atoms with Gasteiger partial charge in [-0.05, 0) is 0 Å². The van der Waals surface area contributed by atoms with Crippen molar-refractivity contribution in [3.63, 3.8) is 0 Å². The minimum atomic E-state index is -0.554. The Morgan fingerprint density at radius 1 is 0.900 bits per heavy atom. The number of benzene rings is 1. The lowest BCUT2D eigenvalue weighted by Gasteiger charge is -2.24. The zero-order chi connectivity index (χ0) is 7.61. The summed E-state index contributed by atoms with van der Waals surface area (Å²) in [5, 5.41) is -0.554. The first-order valence-corrected chi connectivity index (χ1v) is 5.20. The Bertz CT molecular complexity index is 204. The molecular formula is C6H11BP3-. The van der Waals surface area contributed by atoms with Gasteiger partial charge in [0.1, 0.15) is 0 Å². The Balaban J connectivity index is 2.97. The third kappa shape index (κ3) is 2.32. The van der Waals surface area contributed by atoms with E-state index in [0.717, 1.165) is 0 Å². The summed E-state index contributed by atoms with van der Waals surface area (Å²) >= 11 is 0. The van der Waals surface area contributed by atoms with E-state index in [2.05, 4.69) is 51.6 Å². The molecule has 0 heterocycles. The summed E-state index contributed by atoms with van der Waals surface area (Å²) in [5.74, 6) is 0. The van der Waals surface area contributed by atoms with Gasteiger partial charge in [-0.25, -0.2) is 0 Å². The van der Waals surface area contributed by atoms with Gasteiger partial charge in [-0.15, -0.1) is 0 Å². The summed E-state index contributed by atoms with van der Waals surface area (Å²) < 4.78 is 0. The van der Waals surface area contributed by atoms with Crippen LogP contribution in [-0.4, -0.2) is 5.30 Å². The quantitative estimate of drug-likeness (QED) is 0.461. The third-order valence-electron chi connectivity index (χ3n) is 1.38. The van der Waals surface area contributed by atoms with Crippen molar-refractivity contribution >= 4 is 38.1 Å². The lowest BCUT2D eigenvalue weighted by molar-refractivity contribution is 1.77. The molecule has 0 nitrogen and oxygen atoms in total. The first kappa shape index (κ1) is 8.67. The lowest BCUT2D eigenvalue weighted by Crippen LogP contribution is -2.27. The van der Waals surface area contributed by atoms with Gasteiger partial charge in [-0.2, -0.15) is 5.46 Å². The topological polar surface area (TPSA) is 0 Å². The maximum atomic E-state index is 2.82. The van der Waals surface area contributed by atoms with Crippen LogP contribution in [0.5, 0.6) is 0 Å². The van der Waals surface area contributed by atoms with Crippen LogP contribution in [0.3, 0.4) is 0 Å². The first-order chi connectivity index (χ1) is 4.61. The van der Waals surface area contributed by atoms with Crippen LogP contribution in [0.2, 0.25) is 0 Å². The van der Waals surface area contributed by atoms with Gasteiger partial charge in [0.25, 0.3) is 0 Å². The normalized spacial score (nSPS) is 11.5. The van der Waals surface area contributed by atoms with E-state index in [1.807, 2.05) is 6.07 Å². The largest absolute Gasteiger partial charge is 0.292 e. The van der Waals surface area contributed by atoms with Gasteiger partial charge in [0.05, 0.1) is 5.30 Å². The fourth-order valence-corrected chi connectivity index (χ4v) is 1.45. The predicted octanol–water partition coefficient (Wildman–Crippen LogP) is 1.46. The van der Waals surface area contributed by atoms with E-state index < -0.39 is 5.30 Å². The van der Waals surface area contributed by atoms with Gasteiger partial charge in [0.15, 0.2) is 0 Å². The van der Waals surface area contributed by atoms with Crippen LogP contribution in [0, 0.1) is 0 Å². The molecule has 4 heteroatoms. The minimum Gasteiger partial charge on any atom is -0.292 e. The second-order valence-electron chi connectivity index (χ2n) is 2.49. The molecule has 0 aliphatic carbocycles. The molecule has 0 N–H and O–H groups in total. The van der Waals surface area contributed by atoms with Crippen molar-refractivity contribution in [1.82, 2.24) is 0 Å². The fraction of sp³-hybridized carbons (Fsp3) is 0. The zero-order valence-corrected chi connectivity index (χ0v) is 9.16. The van der Waals surface area contributed by atoms with Crippen molar-refractivity contribution in [2.45, 2.75) is 0 Å². The van der Waals surface area contributed by atoms with Crippen molar-refractivity contribution in [2.24, 2.45) is 0 Å². The molecule has 0 saturated carbocycles. The predicted molar refractivity (Wildman–Crippen MR) is 61.0 cm³/mol. The molecule has 1 aromatic carbocycles. The van der Waals surface area contributed by atoms with Crippen LogP contribution in [0.1, 0.15) is 0 Å². The molecule has 0 saturated heterocycles. The Hall–Kier alpha value is 0.575. The number of rotatable bonds is 1. The maximum Gasteiger partial charge on any atom is 0.0845 e. The SMILES string of the molecule is P[B-](P)(P)c1ccccc1. The summed E-state index contributed by atoms with van der Waals surface area (Å²) in [5.41, 5.74) is 1.35. The van der Waals surface area contributed by atoms with E-state index in [1.165, 1.54) is 5.46 Å². The molecule has 0 bridgehead atoms. The standard InChI is InChI=1S/C6H11BP3/c8-7(9,10)6-4-2-1-3-5-6/h1-5H,8-10H2/q-1. The molecule has 3 unspecified atom stereocenters. The summed E-state index contributed by atoms with van der Waals surface area (Å²) in [4.78, 5) is 0. The van der Waals surface area contributed by atoms with E-state index in [4.69, 9.17) is 0 Å². The smallest absolute Gasteiger partial charge is 0.0845 e. The Kier molecular flexibility index (Phi) is 2.87. The molecule has 0 aliphatic rings. The van der Waals surface area contributed by atoms with Gasteiger partial charge in [0.2, 0.25) is 0 Å². The van der Waals surface area contributed by atoms with Crippen molar-refractivity contribution in [2.75, 3.05) is 0 Å². The number of hydrogen-bond donors (Lipinski definition) is 0. The lowest BCUT2D eigenvalue weighted by atomic mass is 9.90. The van der Waals surface area contributed by atoms with E-state index in [-0.39, 0.29) is 0 Å². The van der Waals surface area contributed by atoms with Crippen molar-refractivity contribution in [1.29, 1.82) is 0 Å². The molecule has 0 aromatic heterocycles. The number of hydrogen-bond acceptors (Lipinski definition) is 0. The van der Waals surface area contributed by atoms with Crippen LogP contribution in [0.4, 0.5) is 0 Å². The van der Waals surface area contributed by atoms with Crippen LogP contribution in [0.15, 0.2) is 30.3 Å². The maximum absolute atomic E-state index is 2.82. The molecule has 54 valence electrons. The van der Waals surface area contributed by atoms with Gasteiger partial charge in [-0.3, -0.25) is 27.4 Å². The van der Waals surface area contributed by atoms with Crippen LogP contribution >= 0.6 is 27.4 Å². The second-order valence-corrected chi connectivity index (χ2v) is 8.11. The van der Waals surface area contributed by atoms with E-state index in [1.54, 1.807) is 0 Å². The highest BCUT2D eigenvalue weighted by molar-refractivity contribution is 8.26. The molecule has 0 radical (unpaired) electrons. The Morgan fingerprint density at radius 2 is 1.40 bits per heavy atom. The van der Waals surface area contributed by atoms with E-state index in [9.17, 15) is 0 Å². The third-order valence-corrected chi connectivity index (χ3v) is 2.53. The van der Waals surface area contributed by atoms with Crippen molar-refractivity contribution in [3.8, 4) is 0 Å².